The average Bonchev–Trinajstić information content (AvgIpc) is 2.66. The number of esters is 1. The average molecular weight is 415 g/mol. The summed E-state index contributed by atoms with van der Waals surface area (Å²) in [5.41, 5.74) is 1.21. The zero-order valence-electron chi connectivity index (χ0n) is 13.9. The fraction of sp³-hybridized carbons (Fsp3) is 0.105. The number of hydrogen-bond acceptors (Lipinski definition) is 5. The van der Waals surface area contributed by atoms with Crippen molar-refractivity contribution in [2.45, 2.75) is 0 Å². The first-order valence-corrected chi connectivity index (χ1v) is 8.29. The lowest BCUT2D eigenvalue weighted by atomic mass is 10.1. The number of hydrogen-bond donors (Lipinski definition) is 1. The van der Waals surface area contributed by atoms with Crippen LogP contribution in [-0.4, -0.2) is 25.6 Å². The van der Waals surface area contributed by atoms with E-state index in [1.165, 1.54) is 13.2 Å². The van der Waals surface area contributed by atoms with Crippen molar-refractivity contribution >= 4 is 39.6 Å². The van der Waals surface area contributed by atoms with Gasteiger partial charge in [-0.2, -0.15) is 5.26 Å². The molecule has 0 aliphatic heterocycles. The Balaban J connectivity index is 2.05. The number of nitriles is 1. The molecular weight excluding hydrogens is 400 g/mol. The fourth-order valence-corrected chi connectivity index (χ4v) is 2.17. The summed E-state index contributed by atoms with van der Waals surface area (Å²) in [6.07, 6.45) is 1.47. The van der Waals surface area contributed by atoms with Crippen molar-refractivity contribution in [2.75, 3.05) is 19.0 Å². The monoisotopic (exact) mass is 414 g/mol. The third-order valence-electron chi connectivity index (χ3n) is 3.24. The highest BCUT2D eigenvalue weighted by atomic mass is 79.9. The standard InChI is InChI=1S/C19H15BrN2O4/c1-25-18(23)12-26-17-8-2-13(3-9-17)10-14(11-21)19(24)22-16-6-4-15(20)5-7-16/h2-10H,12H2,1H3,(H,22,24)/b14-10-. The van der Waals surface area contributed by atoms with Gasteiger partial charge in [0, 0.05) is 10.2 Å². The van der Waals surface area contributed by atoms with Crippen LogP contribution in [0.4, 0.5) is 5.69 Å². The van der Waals surface area contributed by atoms with Gasteiger partial charge in [-0.1, -0.05) is 28.1 Å². The van der Waals surface area contributed by atoms with Crippen LogP contribution in [0.25, 0.3) is 6.08 Å². The van der Waals surface area contributed by atoms with Crippen LogP contribution in [0.3, 0.4) is 0 Å². The highest BCUT2D eigenvalue weighted by Gasteiger charge is 2.09. The molecule has 0 fully saturated rings. The molecule has 0 spiro atoms. The quantitative estimate of drug-likeness (QED) is 0.443. The molecule has 0 bridgehead atoms. The summed E-state index contributed by atoms with van der Waals surface area (Å²) in [4.78, 5) is 23.3. The third-order valence-corrected chi connectivity index (χ3v) is 3.77. The second-order valence-electron chi connectivity index (χ2n) is 5.06. The van der Waals surface area contributed by atoms with Crippen LogP contribution < -0.4 is 10.1 Å². The zero-order chi connectivity index (χ0) is 18.9. The molecule has 132 valence electrons. The molecule has 0 atom stereocenters. The predicted octanol–water partition coefficient (Wildman–Crippen LogP) is 3.55. The van der Waals surface area contributed by atoms with Crippen molar-refractivity contribution < 1.29 is 19.1 Å². The summed E-state index contributed by atoms with van der Waals surface area (Å²) in [5.74, 6) is -0.503. The molecule has 1 N–H and O–H groups in total. The van der Waals surface area contributed by atoms with Gasteiger partial charge in [0.05, 0.1) is 7.11 Å². The van der Waals surface area contributed by atoms with E-state index in [4.69, 9.17) is 4.74 Å². The number of ether oxygens (including phenoxy) is 2. The lowest BCUT2D eigenvalue weighted by Gasteiger charge is -2.06. The van der Waals surface area contributed by atoms with E-state index in [9.17, 15) is 14.9 Å². The molecule has 7 heteroatoms. The number of rotatable bonds is 6. The van der Waals surface area contributed by atoms with E-state index in [-0.39, 0.29) is 12.2 Å². The first-order valence-electron chi connectivity index (χ1n) is 7.50. The maximum absolute atomic E-state index is 12.2. The number of carbonyl (C=O) groups excluding carboxylic acids is 2. The SMILES string of the molecule is COC(=O)COc1ccc(/C=C(/C#N)C(=O)Nc2ccc(Br)cc2)cc1. The molecule has 0 aliphatic carbocycles. The highest BCUT2D eigenvalue weighted by Crippen LogP contribution is 2.17. The van der Waals surface area contributed by atoms with Crippen LogP contribution in [0, 0.1) is 11.3 Å². The van der Waals surface area contributed by atoms with Crippen LogP contribution in [0.5, 0.6) is 5.75 Å². The topological polar surface area (TPSA) is 88.4 Å². The minimum Gasteiger partial charge on any atom is -0.482 e. The van der Waals surface area contributed by atoms with Gasteiger partial charge in [-0.05, 0) is 48.0 Å². The van der Waals surface area contributed by atoms with Gasteiger partial charge in [-0.25, -0.2) is 4.79 Å². The van der Waals surface area contributed by atoms with E-state index in [1.807, 2.05) is 6.07 Å². The number of carbonyl (C=O) groups is 2. The zero-order valence-corrected chi connectivity index (χ0v) is 15.4. The Morgan fingerprint density at radius 2 is 1.81 bits per heavy atom. The lowest BCUT2D eigenvalue weighted by Crippen LogP contribution is -2.13. The van der Waals surface area contributed by atoms with E-state index < -0.39 is 11.9 Å². The van der Waals surface area contributed by atoms with Gasteiger partial charge in [-0.3, -0.25) is 4.79 Å². The van der Waals surface area contributed by atoms with Crippen molar-refractivity contribution in [3.63, 3.8) is 0 Å². The predicted molar refractivity (Wildman–Crippen MR) is 100 cm³/mol. The Kier molecular flexibility index (Phi) is 6.94. The first kappa shape index (κ1) is 19.2. The highest BCUT2D eigenvalue weighted by molar-refractivity contribution is 9.10. The summed E-state index contributed by atoms with van der Waals surface area (Å²) in [7, 11) is 1.28. The molecule has 0 radical (unpaired) electrons. The summed E-state index contributed by atoms with van der Waals surface area (Å²) >= 11 is 3.32. The molecule has 1 amide bonds. The van der Waals surface area contributed by atoms with Crippen molar-refractivity contribution in [2.24, 2.45) is 0 Å². The molecule has 26 heavy (non-hydrogen) atoms. The molecule has 0 saturated heterocycles. The van der Waals surface area contributed by atoms with Gasteiger partial charge in [0.25, 0.3) is 5.91 Å². The van der Waals surface area contributed by atoms with E-state index in [1.54, 1.807) is 48.5 Å². The molecular formula is C19H15BrN2O4. The number of anilines is 1. The Labute approximate surface area is 159 Å². The molecule has 0 heterocycles. The van der Waals surface area contributed by atoms with Crippen molar-refractivity contribution in [3.05, 3.63) is 64.1 Å². The second-order valence-corrected chi connectivity index (χ2v) is 5.98. The van der Waals surface area contributed by atoms with E-state index >= 15 is 0 Å². The third kappa shape index (κ3) is 5.76. The van der Waals surface area contributed by atoms with E-state index in [2.05, 4.69) is 26.0 Å². The normalized spacial score (nSPS) is 10.6. The molecule has 0 unspecified atom stereocenters. The Morgan fingerprint density at radius 3 is 2.38 bits per heavy atom. The first-order chi connectivity index (χ1) is 12.5. The molecule has 2 aromatic rings. The summed E-state index contributed by atoms with van der Waals surface area (Å²) < 4.78 is 10.6. The summed E-state index contributed by atoms with van der Waals surface area (Å²) in [6, 6.07) is 15.6. The minimum atomic E-state index is -0.499. The minimum absolute atomic E-state index is 0.0313. The lowest BCUT2D eigenvalue weighted by molar-refractivity contribution is -0.142. The molecule has 0 saturated carbocycles. The number of nitrogens with zero attached hydrogens (tertiary/aromatic N) is 1. The Bertz CT molecular complexity index is 853. The van der Waals surface area contributed by atoms with Crippen molar-refractivity contribution in [3.8, 4) is 11.8 Å². The van der Waals surface area contributed by atoms with Crippen molar-refractivity contribution in [1.29, 1.82) is 5.26 Å². The number of methoxy groups -OCH3 is 1. The van der Waals surface area contributed by atoms with Crippen LogP contribution in [-0.2, 0) is 14.3 Å². The van der Waals surface area contributed by atoms with Crippen LogP contribution in [0.15, 0.2) is 58.6 Å². The Hall–Kier alpha value is -3.11. The largest absolute Gasteiger partial charge is 0.482 e. The number of nitrogens with one attached hydrogen (secondary N) is 1. The fourth-order valence-electron chi connectivity index (χ4n) is 1.91. The number of halogens is 1. The smallest absolute Gasteiger partial charge is 0.343 e. The second kappa shape index (κ2) is 9.39. The molecule has 2 rings (SSSR count). The van der Waals surface area contributed by atoms with Crippen LogP contribution in [0.1, 0.15) is 5.56 Å². The maximum atomic E-state index is 12.2. The Morgan fingerprint density at radius 1 is 1.15 bits per heavy atom. The summed E-state index contributed by atoms with van der Waals surface area (Å²) in [6.45, 7) is -0.190. The molecule has 6 nitrogen and oxygen atoms in total. The van der Waals surface area contributed by atoms with E-state index in [0.717, 1.165) is 4.47 Å². The summed E-state index contributed by atoms with van der Waals surface area (Å²) in [5, 5.41) is 11.9. The van der Waals surface area contributed by atoms with Gasteiger partial charge >= 0.3 is 5.97 Å². The van der Waals surface area contributed by atoms with Gasteiger partial charge in [-0.15, -0.1) is 0 Å². The van der Waals surface area contributed by atoms with Gasteiger partial charge in [0.15, 0.2) is 6.61 Å². The maximum Gasteiger partial charge on any atom is 0.343 e. The molecule has 0 aliphatic rings. The van der Waals surface area contributed by atoms with Gasteiger partial charge in [0.1, 0.15) is 17.4 Å². The number of amides is 1. The number of benzene rings is 2. The van der Waals surface area contributed by atoms with Crippen LogP contribution >= 0.6 is 15.9 Å². The molecule has 0 aromatic heterocycles. The molecule has 2 aromatic carbocycles. The van der Waals surface area contributed by atoms with Crippen LogP contribution in [0.2, 0.25) is 0 Å². The van der Waals surface area contributed by atoms with Gasteiger partial charge in [0.2, 0.25) is 0 Å². The van der Waals surface area contributed by atoms with Gasteiger partial charge < -0.3 is 14.8 Å². The van der Waals surface area contributed by atoms with Crippen molar-refractivity contribution in [1.82, 2.24) is 0 Å². The van der Waals surface area contributed by atoms with E-state index in [0.29, 0.717) is 17.0 Å².